The highest BCUT2D eigenvalue weighted by molar-refractivity contribution is 5.94. The van der Waals surface area contributed by atoms with Gasteiger partial charge in [0.15, 0.2) is 0 Å². The van der Waals surface area contributed by atoms with E-state index in [1.165, 1.54) is 0 Å². The molecule has 0 heterocycles. The normalized spacial score (nSPS) is 11.2. The number of ether oxygens (including phenoxy) is 1. The van der Waals surface area contributed by atoms with E-state index in [0.717, 1.165) is 5.56 Å². The summed E-state index contributed by atoms with van der Waals surface area (Å²) in [6.07, 6.45) is 0.354. The van der Waals surface area contributed by atoms with Crippen molar-refractivity contribution >= 4 is 11.6 Å². The number of nitrogens with zero attached hydrogens (tertiary/aromatic N) is 1. The summed E-state index contributed by atoms with van der Waals surface area (Å²) in [5, 5.41) is 12.0. The van der Waals surface area contributed by atoms with Gasteiger partial charge in [-0.15, -0.1) is 0 Å². The molecule has 0 radical (unpaired) electrons. The Balaban J connectivity index is 2.05. The number of para-hydroxylation sites is 1. The Morgan fingerprint density at radius 2 is 2.00 bits per heavy atom. The monoisotopic (exact) mass is 280 g/mol. The van der Waals surface area contributed by atoms with Crippen molar-refractivity contribution in [2.24, 2.45) is 5.92 Å². The van der Waals surface area contributed by atoms with Crippen LogP contribution in [0.4, 0.5) is 5.69 Å². The molecule has 0 aliphatic rings. The molecule has 0 bridgehead atoms. The molecule has 0 aliphatic heterocycles. The SMILES string of the molecule is COc1cccc(C[C@@H](C#N)C(=O)Nc2ccccc2)c1. The van der Waals surface area contributed by atoms with E-state index in [1.807, 2.05) is 42.5 Å². The molecule has 2 aromatic carbocycles. The van der Waals surface area contributed by atoms with Crippen LogP contribution in [0.25, 0.3) is 0 Å². The first kappa shape index (κ1) is 14.6. The molecule has 2 rings (SSSR count). The van der Waals surface area contributed by atoms with Crippen molar-refractivity contribution in [1.82, 2.24) is 0 Å². The van der Waals surface area contributed by atoms with Crippen molar-refractivity contribution < 1.29 is 9.53 Å². The average molecular weight is 280 g/mol. The van der Waals surface area contributed by atoms with Crippen molar-refractivity contribution in [2.75, 3.05) is 12.4 Å². The third-order valence-electron chi connectivity index (χ3n) is 3.09. The molecule has 4 heteroatoms. The second-order valence-corrected chi connectivity index (χ2v) is 4.59. The number of hydrogen-bond donors (Lipinski definition) is 1. The maximum atomic E-state index is 12.1. The fourth-order valence-electron chi connectivity index (χ4n) is 1.98. The second kappa shape index (κ2) is 7.11. The Bertz CT molecular complexity index is 647. The molecule has 1 amide bonds. The van der Waals surface area contributed by atoms with E-state index in [0.29, 0.717) is 17.9 Å². The lowest BCUT2D eigenvalue weighted by molar-refractivity contribution is -0.118. The fraction of sp³-hybridized carbons (Fsp3) is 0.176. The van der Waals surface area contributed by atoms with E-state index in [2.05, 4.69) is 11.4 Å². The number of carbonyl (C=O) groups is 1. The van der Waals surface area contributed by atoms with Crippen molar-refractivity contribution in [1.29, 1.82) is 5.26 Å². The van der Waals surface area contributed by atoms with Gasteiger partial charge in [0.2, 0.25) is 5.91 Å². The van der Waals surface area contributed by atoms with Crippen LogP contribution in [-0.4, -0.2) is 13.0 Å². The predicted octanol–water partition coefficient (Wildman–Crippen LogP) is 3.02. The first-order valence-corrected chi connectivity index (χ1v) is 6.61. The number of benzene rings is 2. The molecule has 1 N–H and O–H groups in total. The van der Waals surface area contributed by atoms with Crippen LogP contribution in [0.5, 0.6) is 5.75 Å². The van der Waals surface area contributed by atoms with Crippen molar-refractivity contribution in [3.63, 3.8) is 0 Å². The van der Waals surface area contributed by atoms with Crippen LogP contribution in [0, 0.1) is 17.2 Å². The third-order valence-corrected chi connectivity index (χ3v) is 3.09. The van der Waals surface area contributed by atoms with Crippen LogP contribution in [-0.2, 0) is 11.2 Å². The standard InChI is InChI=1S/C17H16N2O2/c1-21-16-9-5-6-13(11-16)10-14(12-18)17(20)19-15-7-3-2-4-8-15/h2-9,11,14H,10H2,1H3,(H,19,20)/t14-/m0/s1. The minimum absolute atomic E-state index is 0.300. The van der Waals surface area contributed by atoms with Gasteiger partial charge >= 0.3 is 0 Å². The summed E-state index contributed by atoms with van der Waals surface area (Å²) in [5.41, 5.74) is 1.58. The molecular formula is C17H16N2O2. The Morgan fingerprint density at radius 3 is 2.67 bits per heavy atom. The molecule has 106 valence electrons. The Kier molecular flexibility index (Phi) is 4.94. The van der Waals surface area contributed by atoms with Crippen molar-refractivity contribution in [3.8, 4) is 11.8 Å². The quantitative estimate of drug-likeness (QED) is 0.915. The van der Waals surface area contributed by atoms with Gasteiger partial charge in [-0.05, 0) is 36.2 Å². The molecule has 0 fully saturated rings. The minimum atomic E-state index is -0.739. The maximum Gasteiger partial charge on any atom is 0.242 e. The van der Waals surface area contributed by atoms with Gasteiger partial charge in [-0.25, -0.2) is 0 Å². The predicted molar refractivity (Wildman–Crippen MR) is 80.9 cm³/mol. The molecule has 0 aliphatic carbocycles. The molecule has 0 saturated heterocycles. The lowest BCUT2D eigenvalue weighted by Gasteiger charge is -2.11. The van der Waals surface area contributed by atoms with Gasteiger partial charge < -0.3 is 10.1 Å². The first-order valence-electron chi connectivity index (χ1n) is 6.61. The van der Waals surface area contributed by atoms with Crippen molar-refractivity contribution in [2.45, 2.75) is 6.42 Å². The summed E-state index contributed by atoms with van der Waals surface area (Å²) in [5.74, 6) is -0.323. The summed E-state index contributed by atoms with van der Waals surface area (Å²) < 4.78 is 5.14. The fourth-order valence-corrected chi connectivity index (χ4v) is 1.98. The Hall–Kier alpha value is -2.80. The van der Waals surface area contributed by atoms with Crippen LogP contribution < -0.4 is 10.1 Å². The average Bonchev–Trinajstić information content (AvgIpc) is 2.53. The lowest BCUT2D eigenvalue weighted by Crippen LogP contribution is -2.23. The van der Waals surface area contributed by atoms with Gasteiger partial charge in [-0.2, -0.15) is 5.26 Å². The zero-order chi connectivity index (χ0) is 15.1. The summed E-state index contributed by atoms with van der Waals surface area (Å²) in [7, 11) is 1.59. The van der Waals surface area contributed by atoms with Gasteiger partial charge in [-0.3, -0.25) is 4.79 Å². The van der Waals surface area contributed by atoms with E-state index < -0.39 is 5.92 Å². The number of nitrogens with one attached hydrogen (secondary N) is 1. The first-order chi connectivity index (χ1) is 10.2. The largest absolute Gasteiger partial charge is 0.497 e. The van der Waals surface area contributed by atoms with Crippen LogP contribution in [0.3, 0.4) is 0 Å². The van der Waals surface area contributed by atoms with Crippen LogP contribution in [0.1, 0.15) is 5.56 Å². The lowest BCUT2D eigenvalue weighted by atomic mass is 9.99. The van der Waals surface area contributed by atoms with Gasteiger partial charge in [0.25, 0.3) is 0 Å². The van der Waals surface area contributed by atoms with Gasteiger partial charge in [-0.1, -0.05) is 30.3 Å². The number of methoxy groups -OCH3 is 1. The van der Waals surface area contributed by atoms with E-state index in [-0.39, 0.29) is 5.91 Å². The smallest absolute Gasteiger partial charge is 0.242 e. The maximum absolute atomic E-state index is 12.1. The van der Waals surface area contributed by atoms with Crippen molar-refractivity contribution in [3.05, 3.63) is 60.2 Å². The number of anilines is 1. The topological polar surface area (TPSA) is 62.1 Å². The Morgan fingerprint density at radius 1 is 1.24 bits per heavy atom. The number of hydrogen-bond acceptors (Lipinski definition) is 3. The van der Waals surface area contributed by atoms with Gasteiger partial charge in [0, 0.05) is 5.69 Å². The van der Waals surface area contributed by atoms with Crippen LogP contribution >= 0.6 is 0 Å². The summed E-state index contributed by atoms with van der Waals surface area (Å²) in [6, 6.07) is 18.6. The highest BCUT2D eigenvalue weighted by atomic mass is 16.5. The van der Waals surface area contributed by atoms with Gasteiger partial charge in [0.05, 0.1) is 13.2 Å². The number of rotatable bonds is 5. The molecule has 0 aromatic heterocycles. The highest BCUT2D eigenvalue weighted by Gasteiger charge is 2.18. The second-order valence-electron chi connectivity index (χ2n) is 4.59. The summed E-state index contributed by atoms with van der Waals surface area (Å²) in [6.45, 7) is 0. The van der Waals surface area contributed by atoms with E-state index in [4.69, 9.17) is 4.74 Å². The molecule has 4 nitrogen and oxygen atoms in total. The Labute approximate surface area is 124 Å². The number of amides is 1. The van der Waals surface area contributed by atoms with Crippen LogP contribution in [0.15, 0.2) is 54.6 Å². The highest BCUT2D eigenvalue weighted by Crippen LogP contribution is 2.17. The number of nitriles is 1. The molecule has 1 atom stereocenters. The zero-order valence-corrected chi connectivity index (χ0v) is 11.7. The van der Waals surface area contributed by atoms with E-state index >= 15 is 0 Å². The van der Waals surface area contributed by atoms with Gasteiger partial charge in [0.1, 0.15) is 11.7 Å². The van der Waals surface area contributed by atoms with E-state index in [9.17, 15) is 10.1 Å². The number of carbonyl (C=O) groups excluding carboxylic acids is 1. The van der Waals surface area contributed by atoms with Crippen LogP contribution in [0.2, 0.25) is 0 Å². The third kappa shape index (κ3) is 4.08. The summed E-state index contributed by atoms with van der Waals surface area (Å²) in [4.78, 5) is 12.1. The minimum Gasteiger partial charge on any atom is -0.497 e. The van der Waals surface area contributed by atoms with E-state index in [1.54, 1.807) is 19.2 Å². The summed E-state index contributed by atoms with van der Waals surface area (Å²) >= 11 is 0. The molecule has 21 heavy (non-hydrogen) atoms. The molecule has 0 spiro atoms. The molecule has 0 saturated carbocycles. The molecular weight excluding hydrogens is 264 g/mol. The molecule has 0 unspecified atom stereocenters. The molecule has 2 aromatic rings. The zero-order valence-electron chi connectivity index (χ0n) is 11.7.